The average molecular weight is 513 g/mol. The van der Waals surface area contributed by atoms with E-state index in [0.29, 0.717) is 16.5 Å². The highest BCUT2D eigenvalue weighted by atomic mass is 32.2. The van der Waals surface area contributed by atoms with Crippen LogP contribution in [-0.4, -0.2) is 47.1 Å². The van der Waals surface area contributed by atoms with Gasteiger partial charge < -0.3 is 20.5 Å². The zero-order valence-electron chi connectivity index (χ0n) is 20.3. The van der Waals surface area contributed by atoms with Crippen LogP contribution in [0.5, 0.6) is 0 Å². The Morgan fingerprint density at radius 3 is 2.44 bits per heavy atom. The van der Waals surface area contributed by atoms with Crippen LogP contribution in [-0.2, 0) is 19.1 Å². The summed E-state index contributed by atoms with van der Waals surface area (Å²) >= 11 is 1.37. The van der Waals surface area contributed by atoms with Crippen LogP contribution in [0.25, 0.3) is 10.9 Å². The highest BCUT2D eigenvalue weighted by Crippen LogP contribution is 2.34. The van der Waals surface area contributed by atoms with Crippen LogP contribution in [0.15, 0.2) is 51.0 Å². The Hall–Kier alpha value is -3.86. The number of esters is 2. The van der Waals surface area contributed by atoms with E-state index in [1.165, 1.54) is 11.8 Å². The molecule has 4 N–H and O–H groups in total. The van der Waals surface area contributed by atoms with Crippen molar-refractivity contribution in [2.45, 2.75) is 49.4 Å². The number of rotatable bonds is 10. The van der Waals surface area contributed by atoms with E-state index in [0.717, 1.165) is 15.4 Å². The van der Waals surface area contributed by atoms with Gasteiger partial charge in [0.15, 0.2) is 0 Å². The molecule has 0 radical (unpaired) electrons. The molecule has 1 aromatic heterocycles. The third-order valence-corrected chi connectivity index (χ3v) is 6.44. The summed E-state index contributed by atoms with van der Waals surface area (Å²) in [5, 5.41) is 3.08. The number of fused-ring (bicyclic) bond motifs is 1. The fourth-order valence-electron chi connectivity index (χ4n) is 3.48. The van der Waals surface area contributed by atoms with Crippen LogP contribution in [0.4, 0.5) is 5.95 Å². The number of hydrogen-bond acceptors (Lipinski definition) is 9. The molecule has 36 heavy (non-hydrogen) atoms. The zero-order valence-corrected chi connectivity index (χ0v) is 21.1. The normalized spacial score (nSPS) is 11.6. The first-order chi connectivity index (χ1) is 17.2. The Balaban J connectivity index is 1.76. The minimum atomic E-state index is -0.985. The molecule has 2 aromatic carbocycles. The van der Waals surface area contributed by atoms with Crippen molar-refractivity contribution in [3.8, 4) is 0 Å². The topological polar surface area (TPSA) is 153 Å². The predicted molar refractivity (Wildman–Crippen MR) is 136 cm³/mol. The molecule has 0 aliphatic carbocycles. The van der Waals surface area contributed by atoms with Gasteiger partial charge in [-0.15, -0.1) is 0 Å². The molecule has 1 amide bonds. The second-order valence-corrected chi connectivity index (χ2v) is 8.89. The van der Waals surface area contributed by atoms with Gasteiger partial charge in [-0.25, -0.2) is 9.78 Å². The zero-order chi connectivity index (χ0) is 26.2. The molecule has 0 spiro atoms. The Kier molecular flexibility index (Phi) is 9.07. The van der Waals surface area contributed by atoms with Gasteiger partial charge in [-0.1, -0.05) is 17.8 Å². The number of carbonyl (C=O) groups excluding carboxylic acids is 3. The highest BCUT2D eigenvalue weighted by molar-refractivity contribution is 7.99. The number of carbonyl (C=O) groups is 3. The van der Waals surface area contributed by atoms with Gasteiger partial charge in [-0.2, -0.15) is 0 Å². The molecule has 0 fully saturated rings. The molecule has 3 aromatic rings. The van der Waals surface area contributed by atoms with Crippen molar-refractivity contribution >= 4 is 46.5 Å². The van der Waals surface area contributed by atoms with Gasteiger partial charge in [0.25, 0.3) is 11.5 Å². The van der Waals surface area contributed by atoms with Crippen LogP contribution in [0.2, 0.25) is 0 Å². The molecule has 0 unspecified atom stereocenters. The number of amides is 1. The van der Waals surface area contributed by atoms with E-state index >= 15 is 0 Å². The number of anilines is 1. The molecular formula is C25H28N4O6S. The quantitative estimate of drug-likeness (QED) is 0.348. The van der Waals surface area contributed by atoms with Gasteiger partial charge >= 0.3 is 11.9 Å². The van der Waals surface area contributed by atoms with Gasteiger partial charge in [0.2, 0.25) is 5.95 Å². The van der Waals surface area contributed by atoms with Crippen molar-refractivity contribution < 1.29 is 23.9 Å². The molecular weight excluding hydrogens is 484 g/mol. The Morgan fingerprint density at radius 2 is 1.78 bits per heavy atom. The standard InChI is InChI=1S/C25H28N4O6S/c1-4-34-19(30)13-12-18(24(33)35-5-2)27-22(31)15-7-9-16(10-8-15)36-21-14(3)6-11-17-20(21)23(32)29-25(26)28-17/h6-11,18H,4-5,12-13H2,1-3H3,(H,27,31)(H3,26,28,29,32)/t18-/m0/s1. The van der Waals surface area contributed by atoms with Crippen LogP contribution < -0.4 is 16.6 Å². The maximum atomic E-state index is 12.8. The molecule has 0 bridgehead atoms. The molecule has 10 nitrogen and oxygen atoms in total. The summed E-state index contributed by atoms with van der Waals surface area (Å²) in [4.78, 5) is 57.6. The molecule has 1 heterocycles. The summed E-state index contributed by atoms with van der Waals surface area (Å²) in [5.74, 6) is -1.51. The number of ether oxygens (including phenoxy) is 2. The monoisotopic (exact) mass is 512 g/mol. The van der Waals surface area contributed by atoms with Crippen molar-refractivity contribution in [1.82, 2.24) is 15.3 Å². The molecule has 0 saturated carbocycles. The molecule has 11 heteroatoms. The summed E-state index contributed by atoms with van der Waals surface area (Å²) in [6.45, 7) is 5.63. The lowest BCUT2D eigenvalue weighted by Crippen LogP contribution is -2.42. The average Bonchev–Trinajstić information content (AvgIpc) is 2.84. The van der Waals surface area contributed by atoms with Crippen LogP contribution >= 0.6 is 11.8 Å². The van der Waals surface area contributed by atoms with E-state index in [2.05, 4.69) is 15.3 Å². The first-order valence-corrected chi connectivity index (χ1v) is 12.2. The van der Waals surface area contributed by atoms with Gasteiger partial charge in [0, 0.05) is 21.8 Å². The molecule has 0 aliphatic rings. The molecule has 0 saturated heterocycles. The first kappa shape index (κ1) is 26.7. The summed E-state index contributed by atoms with van der Waals surface area (Å²) in [7, 11) is 0. The molecule has 3 rings (SSSR count). The molecule has 190 valence electrons. The number of benzene rings is 2. The fraction of sp³-hybridized carbons (Fsp3) is 0.320. The number of aryl methyl sites for hydroxylation is 1. The van der Waals surface area contributed by atoms with Crippen molar-refractivity contribution in [1.29, 1.82) is 0 Å². The number of H-pyrrole nitrogens is 1. The lowest BCUT2D eigenvalue weighted by Gasteiger charge is -2.17. The molecule has 0 aliphatic heterocycles. The van der Waals surface area contributed by atoms with E-state index in [1.807, 2.05) is 13.0 Å². The molecule has 1 atom stereocenters. The van der Waals surface area contributed by atoms with Crippen LogP contribution in [0.3, 0.4) is 0 Å². The maximum Gasteiger partial charge on any atom is 0.328 e. The van der Waals surface area contributed by atoms with E-state index in [9.17, 15) is 19.2 Å². The summed E-state index contributed by atoms with van der Waals surface area (Å²) < 4.78 is 9.93. The van der Waals surface area contributed by atoms with Crippen molar-refractivity contribution in [2.75, 3.05) is 18.9 Å². The van der Waals surface area contributed by atoms with Crippen LogP contribution in [0, 0.1) is 6.92 Å². The van der Waals surface area contributed by atoms with Gasteiger partial charge in [0.05, 0.1) is 24.1 Å². The largest absolute Gasteiger partial charge is 0.466 e. The smallest absolute Gasteiger partial charge is 0.328 e. The first-order valence-electron chi connectivity index (χ1n) is 11.4. The number of aromatic amines is 1. The second-order valence-electron chi connectivity index (χ2n) is 7.81. The number of nitrogen functional groups attached to an aromatic ring is 1. The van der Waals surface area contributed by atoms with Gasteiger partial charge in [-0.05, 0) is 63.1 Å². The summed E-state index contributed by atoms with van der Waals surface area (Å²) in [6, 6.07) is 9.35. The van der Waals surface area contributed by atoms with Crippen molar-refractivity contribution in [3.63, 3.8) is 0 Å². The number of nitrogens with two attached hydrogens (primary N) is 1. The highest BCUT2D eigenvalue weighted by Gasteiger charge is 2.24. The van der Waals surface area contributed by atoms with Crippen molar-refractivity contribution in [2.24, 2.45) is 0 Å². The SMILES string of the molecule is CCOC(=O)CC[C@H](NC(=O)c1ccc(Sc2c(C)ccc3nc(N)[nH]c(=O)c23)cc1)C(=O)OCC. The number of nitrogens with zero attached hydrogens (tertiary/aromatic N) is 1. The Labute approximate surface area is 212 Å². The summed E-state index contributed by atoms with van der Waals surface area (Å²) in [6.07, 6.45) is 0.0298. The van der Waals surface area contributed by atoms with E-state index in [4.69, 9.17) is 15.2 Å². The van der Waals surface area contributed by atoms with Gasteiger partial charge in [0.1, 0.15) is 6.04 Å². The van der Waals surface area contributed by atoms with Crippen LogP contribution in [0.1, 0.15) is 42.6 Å². The fourth-order valence-corrected chi connectivity index (χ4v) is 4.51. The predicted octanol–water partition coefficient (Wildman–Crippen LogP) is 2.97. The number of nitrogens with one attached hydrogen (secondary N) is 2. The maximum absolute atomic E-state index is 12.8. The lowest BCUT2D eigenvalue weighted by molar-refractivity contribution is -0.146. The third-order valence-electron chi connectivity index (χ3n) is 5.20. The summed E-state index contributed by atoms with van der Waals surface area (Å²) in [5.41, 5.74) is 7.05. The lowest BCUT2D eigenvalue weighted by atomic mass is 10.1. The third kappa shape index (κ3) is 6.63. The minimum absolute atomic E-state index is 0.0306. The van der Waals surface area contributed by atoms with E-state index in [1.54, 1.807) is 44.2 Å². The van der Waals surface area contributed by atoms with Crippen molar-refractivity contribution in [3.05, 3.63) is 57.9 Å². The second kappa shape index (κ2) is 12.2. The Bertz CT molecular complexity index is 1320. The van der Waals surface area contributed by atoms with E-state index < -0.39 is 23.9 Å². The van der Waals surface area contributed by atoms with E-state index in [-0.39, 0.29) is 37.6 Å². The Morgan fingerprint density at radius 1 is 1.08 bits per heavy atom. The number of hydrogen-bond donors (Lipinski definition) is 3. The number of aromatic nitrogens is 2. The van der Waals surface area contributed by atoms with Gasteiger partial charge in [-0.3, -0.25) is 19.4 Å². The minimum Gasteiger partial charge on any atom is -0.466 e.